The van der Waals surface area contributed by atoms with E-state index in [9.17, 15) is 13.6 Å². The molecule has 1 aliphatic carbocycles. The lowest BCUT2D eigenvalue weighted by Gasteiger charge is -2.32. The van der Waals surface area contributed by atoms with Crippen LogP contribution in [0.2, 0.25) is 0 Å². The first-order valence-corrected chi connectivity index (χ1v) is 7.51. The molecule has 1 N–H and O–H groups in total. The number of hydrogen-bond donors (Lipinski definition) is 1. The molecule has 0 radical (unpaired) electrons. The zero-order valence-electron chi connectivity index (χ0n) is 12.1. The molecule has 1 amide bonds. The van der Waals surface area contributed by atoms with E-state index >= 15 is 0 Å². The molecule has 3 nitrogen and oxygen atoms in total. The second kappa shape index (κ2) is 5.72. The highest BCUT2D eigenvalue weighted by molar-refractivity contribution is 5.83. The van der Waals surface area contributed by atoms with Gasteiger partial charge in [-0.3, -0.25) is 4.79 Å². The molecular formula is C16H20F2N2O. The van der Waals surface area contributed by atoms with Crippen LogP contribution in [-0.4, -0.2) is 37.0 Å². The van der Waals surface area contributed by atoms with Crippen molar-refractivity contribution >= 4 is 5.91 Å². The van der Waals surface area contributed by atoms with E-state index in [4.69, 9.17) is 0 Å². The van der Waals surface area contributed by atoms with Crippen LogP contribution in [0.3, 0.4) is 0 Å². The third kappa shape index (κ3) is 2.79. The second-order valence-corrected chi connectivity index (χ2v) is 6.02. The summed E-state index contributed by atoms with van der Waals surface area (Å²) in [5.74, 6) is -1.94. The average Bonchev–Trinajstić information content (AvgIpc) is 3.30. The molecule has 21 heavy (non-hydrogen) atoms. The smallest absolute Gasteiger partial charge is 0.226 e. The average molecular weight is 294 g/mol. The van der Waals surface area contributed by atoms with Gasteiger partial charge in [0.05, 0.1) is 0 Å². The summed E-state index contributed by atoms with van der Waals surface area (Å²) in [6.07, 6.45) is 2.52. The standard InChI is InChI=1S/C16H20F2N2O/c1-20(10-5-7-19-8-6-10)16(21)13-9-12(13)11-3-2-4-14(17)15(11)18/h2-4,10,12-13,19H,5-9H2,1H3/t12-,13+/m1/s1. The van der Waals surface area contributed by atoms with Crippen LogP contribution in [0.5, 0.6) is 0 Å². The number of halogens is 2. The summed E-state index contributed by atoms with van der Waals surface area (Å²) in [7, 11) is 1.83. The highest BCUT2D eigenvalue weighted by Gasteiger charge is 2.47. The number of nitrogens with zero attached hydrogens (tertiary/aromatic N) is 1. The van der Waals surface area contributed by atoms with Crippen molar-refractivity contribution in [2.45, 2.75) is 31.2 Å². The maximum atomic E-state index is 13.8. The molecule has 0 bridgehead atoms. The van der Waals surface area contributed by atoms with Gasteiger partial charge in [0, 0.05) is 19.0 Å². The second-order valence-electron chi connectivity index (χ2n) is 6.02. The van der Waals surface area contributed by atoms with Gasteiger partial charge in [-0.15, -0.1) is 0 Å². The fraction of sp³-hybridized carbons (Fsp3) is 0.562. The van der Waals surface area contributed by atoms with Crippen molar-refractivity contribution in [3.8, 4) is 0 Å². The largest absolute Gasteiger partial charge is 0.342 e. The molecule has 1 saturated carbocycles. The first-order chi connectivity index (χ1) is 10.1. The van der Waals surface area contributed by atoms with E-state index < -0.39 is 11.6 Å². The summed E-state index contributed by atoms with van der Waals surface area (Å²) in [5.41, 5.74) is 0.340. The van der Waals surface area contributed by atoms with Crippen molar-refractivity contribution in [3.63, 3.8) is 0 Å². The predicted octanol–water partition coefficient (Wildman–Crippen LogP) is 2.28. The minimum Gasteiger partial charge on any atom is -0.342 e. The van der Waals surface area contributed by atoms with Crippen molar-refractivity contribution in [3.05, 3.63) is 35.4 Å². The summed E-state index contributed by atoms with van der Waals surface area (Å²) in [4.78, 5) is 14.3. The number of amides is 1. The summed E-state index contributed by atoms with van der Waals surface area (Å²) in [5, 5.41) is 3.27. The topological polar surface area (TPSA) is 32.3 Å². The number of rotatable bonds is 3. The van der Waals surface area contributed by atoms with Gasteiger partial charge in [0.15, 0.2) is 11.6 Å². The monoisotopic (exact) mass is 294 g/mol. The van der Waals surface area contributed by atoms with Gasteiger partial charge in [-0.25, -0.2) is 8.78 Å². The lowest BCUT2D eigenvalue weighted by atomic mass is 10.0. The van der Waals surface area contributed by atoms with Gasteiger partial charge >= 0.3 is 0 Å². The van der Waals surface area contributed by atoms with Crippen LogP contribution in [0.25, 0.3) is 0 Å². The molecule has 2 aliphatic rings. The van der Waals surface area contributed by atoms with Gasteiger partial charge < -0.3 is 10.2 Å². The van der Waals surface area contributed by atoms with Gasteiger partial charge in [-0.05, 0) is 49.9 Å². The molecule has 1 aliphatic heterocycles. The molecule has 1 aromatic rings. The Kier molecular flexibility index (Phi) is 3.93. The van der Waals surface area contributed by atoms with Crippen LogP contribution < -0.4 is 5.32 Å². The third-order valence-corrected chi connectivity index (χ3v) is 4.69. The number of hydrogen-bond acceptors (Lipinski definition) is 2. The Morgan fingerprint density at radius 3 is 2.71 bits per heavy atom. The van der Waals surface area contributed by atoms with Crippen molar-refractivity contribution in [2.24, 2.45) is 5.92 Å². The van der Waals surface area contributed by atoms with Gasteiger partial charge in [0.1, 0.15) is 0 Å². The van der Waals surface area contributed by atoms with E-state index in [2.05, 4.69) is 5.32 Å². The molecule has 3 rings (SSSR count). The maximum Gasteiger partial charge on any atom is 0.226 e. The zero-order valence-corrected chi connectivity index (χ0v) is 12.1. The normalized spacial score (nSPS) is 25.7. The summed E-state index contributed by atoms with van der Waals surface area (Å²) in [6.45, 7) is 1.85. The van der Waals surface area contributed by atoms with E-state index in [1.54, 1.807) is 6.07 Å². The lowest BCUT2D eigenvalue weighted by molar-refractivity contribution is -0.133. The number of carbonyl (C=O) groups excluding carboxylic acids is 1. The Balaban J connectivity index is 1.66. The molecule has 2 atom stereocenters. The third-order valence-electron chi connectivity index (χ3n) is 4.69. The van der Waals surface area contributed by atoms with Gasteiger partial charge in [0.25, 0.3) is 0 Å². The van der Waals surface area contributed by atoms with Crippen LogP contribution in [0.15, 0.2) is 18.2 Å². The zero-order chi connectivity index (χ0) is 15.0. The van der Waals surface area contributed by atoms with Crippen LogP contribution in [0, 0.1) is 17.6 Å². The molecule has 1 heterocycles. The molecule has 0 unspecified atom stereocenters. The Bertz CT molecular complexity index is 543. The number of carbonyl (C=O) groups is 1. The number of piperidine rings is 1. The first-order valence-electron chi connectivity index (χ1n) is 7.51. The summed E-state index contributed by atoms with van der Waals surface area (Å²) in [6, 6.07) is 4.46. The molecule has 5 heteroatoms. The minimum absolute atomic E-state index is 0.0653. The van der Waals surface area contributed by atoms with E-state index in [0.29, 0.717) is 12.0 Å². The summed E-state index contributed by atoms with van der Waals surface area (Å²) < 4.78 is 27.0. The molecule has 0 aromatic heterocycles. The first kappa shape index (κ1) is 14.4. The van der Waals surface area contributed by atoms with Crippen molar-refractivity contribution in [1.82, 2.24) is 10.2 Å². The quantitative estimate of drug-likeness (QED) is 0.927. The molecule has 0 spiro atoms. The number of benzene rings is 1. The van der Waals surface area contributed by atoms with Crippen LogP contribution >= 0.6 is 0 Å². The lowest BCUT2D eigenvalue weighted by Crippen LogP contribution is -2.44. The highest BCUT2D eigenvalue weighted by atomic mass is 19.2. The fourth-order valence-electron chi connectivity index (χ4n) is 3.25. The molecule has 2 fully saturated rings. The van der Waals surface area contributed by atoms with E-state index in [0.717, 1.165) is 32.0 Å². The van der Waals surface area contributed by atoms with Crippen LogP contribution in [0.4, 0.5) is 8.78 Å². The minimum atomic E-state index is -0.836. The van der Waals surface area contributed by atoms with Crippen LogP contribution in [-0.2, 0) is 4.79 Å². The van der Waals surface area contributed by atoms with E-state index in [1.807, 2.05) is 11.9 Å². The molecule has 1 saturated heterocycles. The predicted molar refractivity (Wildman–Crippen MR) is 75.9 cm³/mol. The Morgan fingerprint density at radius 1 is 1.29 bits per heavy atom. The van der Waals surface area contributed by atoms with Crippen LogP contribution in [0.1, 0.15) is 30.7 Å². The Morgan fingerprint density at radius 2 is 2.00 bits per heavy atom. The Labute approximate surface area is 123 Å². The maximum absolute atomic E-state index is 13.8. The van der Waals surface area contributed by atoms with Gasteiger partial charge in [-0.2, -0.15) is 0 Å². The molecular weight excluding hydrogens is 274 g/mol. The fourth-order valence-corrected chi connectivity index (χ4v) is 3.25. The Hall–Kier alpha value is -1.49. The highest BCUT2D eigenvalue weighted by Crippen LogP contribution is 2.49. The van der Waals surface area contributed by atoms with E-state index in [-0.39, 0.29) is 23.8 Å². The van der Waals surface area contributed by atoms with Crippen molar-refractivity contribution in [2.75, 3.05) is 20.1 Å². The van der Waals surface area contributed by atoms with Crippen molar-refractivity contribution in [1.29, 1.82) is 0 Å². The number of nitrogens with one attached hydrogen (secondary N) is 1. The van der Waals surface area contributed by atoms with Crippen molar-refractivity contribution < 1.29 is 13.6 Å². The molecule has 114 valence electrons. The van der Waals surface area contributed by atoms with Gasteiger partial charge in [0.2, 0.25) is 5.91 Å². The van der Waals surface area contributed by atoms with Gasteiger partial charge in [-0.1, -0.05) is 12.1 Å². The SMILES string of the molecule is CN(C(=O)[C@H]1C[C@@H]1c1cccc(F)c1F)C1CCNCC1. The summed E-state index contributed by atoms with van der Waals surface area (Å²) >= 11 is 0. The van der Waals surface area contributed by atoms with E-state index in [1.165, 1.54) is 6.07 Å². The molecule has 1 aromatic carbocycles.